The summed E-state index contributed by atoms with van der Waals surface area (Å²) in [5, 5.41) is 8.44. The Morgan fingerprint density at radius 1 is 1.30 bits per heavy atom. The van der Waals surface area contributed by atoms with Gasteiger partial charge in [0.1, 0.15) is 5.82 Å². The van der Waals surface area contributed by atoms with E-state index in [-0.39, 0.29) is 0 Å². The van der Waals surface area contributed by atoms with Crippen LogP contribution in [0.15, 0.2) is 29.2 Å². The summed E-state index contributed by atoms with van der Waals surface area (Å²) in [5.41, 5.74) is 3.83. The molecule has 0 spiro atoms. The van der Waals surface area contributed by atoms with Crippen molar-refractivity contribution in [2.24, 2.45) is 0 Å². The van der Waals surface area contributed by atoms with Gasteiger partial charge < -0.3 is 5.32 Å². The molecule has 1 aromatic carbocycles. The molecule has 0 aliphatic carbocycles. The van der Waals surface area contributed by atoms with Crippen molar-refractivity contribution in [1.29, 1.82) is 0 Å². The first-order chi connectivity index (χ1) is 9.85. The van der Waals surface area contributed by atoms with E-state index in [0.29, 0.717) is 0 Å². The fraction of sp³-hybridized carbons (Fsp3) is 0.438. The highest BCUT2D eigenvalue weighted by atomic mass is 32.2. The van der Waals surface area contributed by atoms with E-state index < -0.39 is 0 Å². The Hall–Kier alpha value is -1.42. The summed E-state index contributed by atoms with van der Waals surface area (Å²) in [5.74, 6) is 1.23. The molecule has 4 heteroatoms. The molecule has 106 valence electrons. The quantitative estimate of drug-likeness (QED) is 0.864. The van der Waals surface area contributed by atoms with Crippen molar-refractivity contribution in [3.8, 4) is 11.3 Å². The minimum atomic E-state index is 0.913. The van der Waals surface area contributed by atoms with Crippen molar-refractivity contribution >= 4 is 17.6 Å². The van der Waals surface area contributed by atoms with Crippen LogP contribution < -0.4 is 5.32 Å². The monoisotopic (exact) mass is 287 g/mol. The zero-order chi connectivity index (χ0) is 13.9. The van der Waals surface area contributed by atoms with E-state index in [1.165, 1.54) is 40.4 Å². The van der Waals surface area contributed by atoms with Crippen LogP contribution in [-0.2, 0) is 13.0 Å². The van der Waals surface area contributed by atoms with E-state index in [1.54, 1.807) is 11.8 Å². The van der Waals surface area contributed by atoms with Crippen molar-refractivity contribution in [1.82, 2.24) is 9.78 Å². The number of hydrogen-bond acceptors (Lipinski definition) is 3. The van der Waals surface area contributed by atoms with Gasteiger partial charge in [0.15, 0.2) is 0 Å². The van der Waals surface area contributed by atoms with E-state index in [9.17, 15) is 0 Å². The topological polar surface area (TPSA) is 29.9 Å². The van der Waals surface area contributed by atoms with Crippen LogP contribution in [0.1, 0.15) is 25.3 Å². The van der Waals surface area contributed by atoms with Crippen LogP contribution in [0.5, 0.6) is 0 Å². The lowest BCUT2D eigenvalue weighted by Gasteiger charge is -2.07. The Kier molecular flexibility index (Phi) is 4.01. The number of benzene rings is 1. The summed E-state index contributed by atoms with van der Waals surface area (Å²) < 4.78 is 2.12. The summed E-state index contributed by atoms with van der Waals surface area (Å²) in [7, 11) is 0. The van der Waals surface area contributed by atoms with Gasteiger partial charge in [-0.05, 0) is 38.5 Å². The van der Waals surface area contributed by atoms with Crippen molar-refractivity contribution in [3.05, 3.63) is 29.8 Å². The molecule has 0 radical (unpaired) electrons. The molecule has 0 bridgehead atoms. The van der Waals surface area contributed by atoms with Crippen LogP contribution in [0.25, 0.3) is 11.3 Å². The van der Waals surface area contributed by atoms with Crippen LogP contribution in [0.3, 0.4) is 0 Å². The van der Waals surface area contributed by atoms with Crippen LogP contribution in [-0.4, -0.2) is 22.6 Å². The van der Waals surface area contributed by atoms with Crippen LogP contribution in [0.2, 0.25) is 0 Å². The lowest BCUT2D eigenvalue weighted by Crippen LogP contribution is -2.07. The molecule has 1 N–H and O–H groups in total. The fourth-order valence-electron chi connectivity index (χ4n) is 2.85. The largest absolute Gasteiger partial charge is 0.370 e. The van der Waals surface area contributed by atoms with Gasteiger partial charge in [-0.3, -0.25) is 0 Å². The smallest absolute Gasteiger partial charge is 0.128 e. The molecule has 3 rings (SSSR count). The van der Waals surface area contributed by atoms with Crippen LogP contribution in [0, 0.1) is 0 Å². The number of fused-ring (bicyclic) bond motifs is 1. The Bertz CT molecular complexity index is 604. The zero-order valence-corrected chi connectivity index (χ0v) is 13.0. The van der Waals surface area contributed by atoms with Crippen molar-refractivity contribution in [2.75, 3.05) is 18.1 Å². The molecule has 2 heterocycles. The molecule has 0 atom stereocenters. The van der Waals surface area contributed by atoms with Gasteiger partial charge >= 0.3 is 0 Å². The molecule has 0 saturated heterocycles. The molecular formula is C16H21N3S. The minimum absolute atomic E-state index is 0.913. The Morgan fingerprint density at radius 2 is 2.15 bits per heavy atom. The summed E-state index contributed by atoms with van der Waals surface area (Å²) in [6.45, 7) is 4.13. The Balaban J connectivity index is 2.16. The molecule has 1 aliphatic heterocycles. The van der Waals surface area contributed by atoms with Crippen LogP contribution in [0.4, 0.5) is 5.82 Å². The van der Waals surface area contributed by atoms with E-state index in [4.69, 9.17) is 5.10 Å². The lowest BCUT2D eigenvalue weighted by molar-refractivity contribution is 0.665. The molecule has 1 aromatic heterocycles. The Morgan fingerprint density at radius 3 is 2.95 bits per heavy atom. The van der Waals surface area contributed by atoms with Crippen molar-refractivity contribution in [3.63, 3.8) is 0 Å². The minimum Gasteiger partial charge on any atom is -0.370 e. The number of nitrogens with one attached hydrogen (secondary N) is 1. The third kappa shape index (κ3) is 2.33. The van der Waals surface area contributed by atoms with Gasteiger partial charge in [-0.2, -0.15) is 5.10 Å². The maximum atomic E-state index is 4.87. The molecule has 2 aromatic rings. The number of hydrogen-bond donors (Lipinski definition) is 1. The summed E-state index contributed by atoms with van der Waals surface area (Å²) in [6.07, 6.45) is 5.73. The molecule has 0 amide bonds. The third-order valence-electron chi connectivity index (χ3n) is 3.86. The van der Waals surface area contributed by atoms with Gasteiger partial charge in [-0.1, -0.05) is 18.2 Å². The van der Waals surface area contributed by atoms with E-state index in [2.05, 4.69) is 47.4 Å². The molecule has 3 nitrogen and oxygen atoms in total. The van der Waals surface area contributed by atoms with Gasteiger partial charge in [0.25, 0.3) is 0 Å². The van der Waals surface area contributed by atoms with Crippen molar-refractivity contribution < 1.29 is 0 Å². The predicted molar refractivity (Wildman–Crippen MR) is 86.5 cm³/mol. The highest BCUT2D eigenvalue weighted by Gasteiger charge is 2.21. The number of anilines is 1. The zero-order valence-electron chi connectivity index (χ0n) is 12.1. The highest BCUT2D eigenvalue weighted by Crippen LogP contribution is 2.36. The van der Waals surface area contributed by atoms with E-state index in [1.807, 2.05) is 0 Å². The average molecular weight is 287 g/mol. The second kappa shape index (κ2) is 5.92. The van der Waals surface area contributed by atoms with Crippen molar-refractivity contribution in [2.45, 2.75) is 37.6 Å². The van der Waals surface area contributed by atoms with Gasteiger partial charge in [0, 0.05) is 29.1 Å². The molecule has 1 aliphatic rings. The molecule has 0 unspecified atom stereocenters. The summed E-state index contributed by atoms with van der Waals surface area (Å²) in [4.78, 5) is 1.31. The van der Waals surface area contributed by atoms with E-state index >= 15 is 0 Å². The second-order valence-corrected chi connectivity index (χ2v) is 5.92. The number of thioether (sulfide) groups is 1. The van der Waals surface area contributed by atoms with Crippen LogP contribution >= 0.6 is 11.8 Å². The summed E-state index contributed by atoms with van der Waals surface area (Å²) >= 11 is 1.79. The molecule has 0 fully saturated rings. The molecule has 20 heavy (non-hydrogen) atoms. The molecule has 0 saturated carbocycles. The van der Waals surface area contributed by atoms with Gasteiger partial charge in [-0.25, -0.2) is 4.68 Å². The first-order valence-corrected chi connectivity index (χ1v) is 8.54. The SMILES string of the molecule is CCn1nc(-c2ccccc2SC)c2c1NCCCC2. The fourth-order valence-corrected chi connectivity index (χ4v) is 3.45. The Labute approximate surface area is 124 Å². The first kappa shape index (κ1) is 13.6. The first-order valence-electron chi connectivity index (χ1n) is 7.32. The average Bonchev–Trinajstić information content (AvgIpc) is 2.68. The maximum Gasteiger partial charge on any atom is 0.128 e. The normalized spacial score (nSPS) is 14.5. The highest BCUT2D eigenvalue weighted by molar-refractivity contribution is 7.98. The third-order valence-corrected chi connectivity index (χ3v) is 4.65. The maximum absolute atomic E-state index is 4.87. The standard InChI is InChI=1S/C16H21N3S/c1-3-19-16-13(9-6-7-11-17-16)15(18-19)12-8-4-5-10-14(12)20-2/h4-5,8,10,17H,3,6-7,9,11H2,1-2H3. The predicted octanol–water partition coefficient (Wildman–Crippen LogP) is 4.04. The number of rotatable bonds is 3. The second-order valence-electron chi connectivity index (χ2n) is 5.08. The number of aryl methyl sites for hydroxylation is 1. The molecular weight excluding hydrogens is 266 g/mol. The van der Waals surface area contributed by atoms with Gasteiger partial charge in [0.05, 0.1) is 5.69 Å². The van der Waals surface area contributed by atoms with E-state index in [0.717, 1.165) is 19.5 Å². The number of nitrogens with zero attached hydrogens (tertiary/aromatic N) is 2. The lowest BCUT2D eigenvalue weighted by atomic mass is 10.0. The van der Waals surface area contributed by atoms with Gasteiger partial charge in [-0.15, -0.1) is 11.8 Å². The van der Waals surface area contributed by atoms with Gasteiger partial charge in [0.2, 0.25) is 0 Å². The number of aromatic nitrogens is 2. The summed E-state index contributed by atoms with van der Waals surface area (Å²) in [6, 6.07) is 8.58.